The van der Waals surface area contributed by atoms with E-state index in [4.69, 9.17) is 19.9 Å². The van der Waals surface area contributed by atoms with Crippen LogP contribution in [0.15, 0.2) is 73.3 Å². The number of hydrogen-bond donors (Lipinski definition) is 12. The molecule has 3 aliphatic heterocycles. The summed E-state index contributed by atoms with van der Waals surface area (Å²) >= 11 is 0. The summed E-state index contributed by atoms with van der Waals surface area (Å²) in [6, 6.07) is 5.82. The number of hydrogen-bond acceptors (Lipinski definition) is 22. The van der Waals surface area contributed by atoms with Gasteiger partial charge in [-0.2, -0.15) is 0 Å². The first-order chi connectivity index (χ1) is 69.6. The summed E-state index contributed by atoms with van der Waals surface area (Å²) < 4.78 is 17.2. The molecule has 13 N–H and O–H groups in total. The van der Waals surface area contributed by atoms with Crippen molar-refractivity contribution in [2.75, 3.05) is 60.9 Å². The summed E-state index contributed by atoms with van der Waals surface area (Å²) in [5.74, 6) is -10.8. The Morgan fingerprint density at radius 3 is 1.36 bits per heavy atom. The standard InChI is InChI=1S/C41H65N7O8.C38H54N6O8.C31H50N4O6/c1-11-18-28(32(50)35(52)42-24-30(49)44-31(36(53)47(9)10)26-19-14-12-15-20-26)43-34(51)29-23-27(56-40(5,6)7)25-48(29)37(54)33(39(2,3)4)45-38(55)46-41(8)21-16-13-17-22-41;1-7-8-19-27(32(46)34(48)39-21-28(45)41-29(35(49)43(5)6)23-15-11-9-12-16-23)40-33(47)31-26-20-25(26)22-44(31)36(50)30(24-17-13-10-14-18-24)42-37(51)52-38(2,3)4;1-29(2,3)41-28(40)34-22(18-11-9-8-10-12-18)27(39)35-16-19-21(31(6,7)30(19,4)5)23(35)26(38)33-20(15-17-13-14-17)24(36)25(32)37/h12,14-15,19-20,27-29,31,33H,11,13,16-18,21-25H2,1-10H3,(H,42,52)(H,43,51)(H,44,49)(H2,45,46,55);7,9,11-12,15-16,24-27,29-31H,1,8,10,13-14,17-22H2,2-6H3,(H,39,48)(H,40,47)(H,41,45)(H,42,51);17-23H,8-16H2,1-7H3,(H2,32,37)(H,33,38)(H,34,40)/t27-,28?,29+,31+,33-;25-,26-,27?,29-,30-,31-;19-,20?,21-,22-,23-/m100/s1. The molecule has 39 nitrogen and oxygen atoms in total. The van der Waals surface area contributed by atoms with Crippen LogP contribution >= 0.6 is 0 Å². The maximum atomic E-state index is 14.5. The predicted molar refractivity (Wildman–Crippen MR) is 557 cm³/mol. The maximum Gasteiger partial charge on any atom is 0.408 e. The second-order valence-corrected chi connectivity index (χ2v) is 47.9. The minimum absolute atomic E-state index is 0.0641. The van der Waals surface area contributed by atoms with E-state index in [-0.39, 0.29) is 107 Å². The van der Waals surface area contributed by atoms with Gasteiger partial charge >= 0.3 is 18.2 Å². The molecule has 39 heteroatoms. The highest BCUT2D eigenvalue weighted by Crippen LogP contribution is 2.68. The molecular formula is C110H169N17O22. The molecule has 17 amide bonds. The molecule has 6 aliphatic carbocycles. The van der Waals surface area contributed by atoms with E-state index in [1.54, 1.807) is 148 Å². The van der Waals surface area contributed by atoms with E-state index in [1.165, 1.54) is 19.6 Å². The molecule has 9 aliphatic rings. The van der Waals surface area contributed by atoms with Crippen LogP contribution in [-0.2, 0) is 90.9 Å². The molecule has 3 heterocycles. The Labute approximate surface area is 878 Å². The first-order valence-corrected chi connectivity index (χ1v) is 53.4. The van der Waals surface area contributed by atoms with E-state index in [2.05, 4.69) is 92.8 Å². The molecule has 149 heavy (non-hydrogen) atoms. The lowest BCUT2D eigenvalue weighted by Gasteiger charge is -2.63. The molecule has 16 atom stereocenters. The van der Waals surface area contributed by atoms with Crippen LogP contribution in [0.5, 0.6) is 0 Å². The number of ketones is 3. The van der Waals surface area contributed by atoms with E-state index < -0.39 is 197 Å². The van der Waals surface area contributed by atoms with Gasteiger partial charge in [-0.15, -0.1) is 6.58 Å². The minimum atomic E-state index is -1.25. The molecule has 9 fully saturated rings. The SMILES string of the molecule is C=CCCC(NC(=O)[C@@H]1[C@H]2C[C@H]2CN1C(=O)[C@@H](NC(=O)OC(C)(C)C)C1CCCCC1)C(=O)C(=O)NCC(=O)N[C@H](C(=O)N(C)C)c1ccccc1.CC(C)(C)OC(=O)N[C@H](C(=O)N1C[C@H]2[C@@H]([C@H]1C(=O)NC(CC1CC1)C(=O)C(N)=O)C(C)(C)C2(C)C)C1CCCCC1.CCCC(NC(=O)[C@@H]1C[C@@H](OC(C)(C)C)CN1C(=O)[C@@H](NC(=O)NC1(C)CCCCC1)C(C)(C)C)C(=O)C(=O)NCC(=O)N[C@H](C(=O)N(C)C)c1ccccc1. The Hall–Kier alpha value is -11.9. The van der Waals surface area contributed by atoms with Crippen molar-refractivity contribution < 1.29 is 105 Å². The largest absolute Gasteiger partial charge is 0.444 e. The Morgan fingerprint density at radius 1 is 0.483 bits per heavy atom. The van der Waals surface area contributed by atoms with Gasteiger partial charge in [0.2, 0.25) is 76.4 Å². The molecule has 0 spiro atoms. The summed E-state index contributed by atoms with van der Waals surface area (Å²) in [6.07, 6.45) is 17.6. The number of nitrogens with one attached hydrogen (secondary N) is 11. The number of allylic oxidation sites excluding steroid dienone is 1. The fourth-order valence-electron chi connectivity index (χ4n) is 21.9. The van der Waals surface area contributed by atoms with E-state index in [9.17, 15) is 91.1 Å². The van der Waals surface area contributed by atoms with Crippen molar-refractivity contribution in [2.24, 2.45) is 63.4 Å². The fraction of sp³-hybridized carbons (Fsp3) is 0.700. The molecule has 2 aromatic carbocycles. The number of benzene rings is 2. The number of nitrogens with zero attached hydrogens (tertiary/aromatic N) is 5. The first-order valence-electron chi connectivity index (χ1n) is 53.4. The summed E-state index contributed by atoms with van der Waals surface area (Å²) in [4.78, 5) is 261. The lowest BCUT2D eigenvalue weighted by Crippen LogP contribution is -2.64. The van der Waals surface area contributed by atoms with Crippen molar-refractivity contribution in [3.05, 3.63) is 84.4 Å². The lowest BCUT2D eigenvalue weighted by molar-refractivity contribution is -0.161. The van der Waals surface area contributed by atoms with Crippen LogP contribution < -0.4 is 64.2 Å². The van der Waals surface area contributed by atoms with Crippen molar-refractivity contribution in [3.8, 4) is 0 Å². The molecule has 0 radical (unpaired) electrons. The number of likely N-dealkylation sites (N-methyl/N-ethyl adjacent to an activating group) is 2. The van der Waals surface area contributed by atoms with Crippen molar-refractivity contribution >= 4 is 112 Å². The molecule has 2 aromatic rings. The van der Waals surface area contributed by atoms with Gasteiger partial charge in [0.1, 0.15) is 59.5 Å². The smallest absolute Gasteiger partial charge is 0.408 e. The normalized spacial score (nSPS) is 22.7. The zero-order chi connectivity index (χ0) is 111. The van der Waals surface area contributed by atoms with Crippen molar-refractivity contribution in [2.45, 2.75) is 374 Å². The molecule has 0 aromatic heterocycles. The number of fused-ring (bicyclic) bond motifs is 2. The number of urea groups is 1. The van der Waals surface area contributed by atoms with Gasteiger partial charge < -0.3 is 103 Å². The number of carbonyl (C=O) groups is 19. The molecule has 3 saturated heterocycles. The van der Waals surface area contributed by atoms with E-state index in [0.717, 1.165) is 116 Å². The number of piperidine rings is 1. The number of ether oxygens (including phenoxy) is 3. The Bertz CT molecular complexity index is 5110. The third-order valence-corrected chi connectivity index (χ3v) is 30.6. The zero-order valence-corrected chi connectivity index (χ0v) is 91.8. The number of likely N-dealkylation sites (tertiary alicyclic amines) is 3. The highest BCUT2D eigenvalue weighted by atomic mass is 16.6. The number of nitrogens with two attached hydrogens (primary N) is 1. The number of amides is 17. The Kier molecular flexibility index (Phi) is 41.9. The first kappa shape index (κ1) is 121. The van der Waals surface area contributed by atoms with Crippen LogP contribution in [0.3, 0.4) is 0 Å². The summed E-state index contributed by atoms with van der Waals surface area (Å²) in [7, 11) is 6.23. The van der Waals surface area contributed by atoms with Crippen LogP contribution in [0.2, 0.25) is 0 Å². The van der Waals surface area contributed by atoms with Crippen LogP contribution in [0.1, 0.15) is 302 Å². The van der Waals surface area contributed by atoms with Gasteiger partial charge in [-0.25, -0.2) is 14.4 Å². The van der Waals surface area contributed by atoms with Gasteiger partial charge in [-0.1, -0.05) is 199 Å². The van der Waals surface area contributed by atoms with Crippen LogP contribution in [0.4, 0.5) is 14.4 Å². The quantitative estimate of drug-likeness (QED) is 0.0219. The van der Waals surface area contributed by atoms with E-state index >= 15 is 0 Å². The Morgan fingerprint density at radius 2 is 0.926 bits per heavy atom. The molecule has 826 valence electrons. The molecular weight excluding hydrogens is 1910 g/mol. The second-order valence-electron chi connectivity index (χ2n) is 47.9. The van der Waals surface area contributed by atoms with Gasteiger partial charge in [0, 0.05) is 59.8 Å². The van der Waals surface area contributed by atoms with E-state index in [1.807, 2.05) is 48.5 Å². The maximum absolute atomic E-state index is 14.5. The fourth-order valence-corrected chi connectivity index (χ4v) is 21.9. The highest BCUT2D eigenvalue weighted by Gasteiger charge is 2.71. The van der Waals surface area contributed by atoms with Crippen molar-refractivity contribution in [1.29, 1.82) is 0 Å². The average molecular weight is 2080 g/mol. The summed E-state index contributed by atoms with van der Waals surface area (Å²) in [5.41, 5.74) is 2.81. The summed E-state index contributed by atoms with van der Waals surface area (Å²) in [6.45, 7) is 37.4. The van der Waals surface area contributed by atoms with Gasteiger partial charge in [0.15, 0.2) is 0 Å². The lowest BCUT2D eigenvalue weighted by atomic mass is 9.40. The van der Waals surface area contributed by atoms with Crippen LogP contribution in [-0.4, -0.2) is 281 Å². The summed E-state index contributed by atoms with van der Waals surface area (Å²) in [5, 5.41) is 29.8. The third-order valence-electron chi connectivity index (χ3n) is 30.6. The number of primary amides is 1. The third kappa shape index (κ3) is 33.3. The molecule has 3 unspecified atom stereocenters. The molecule has 0 bridgehead atoms. The van der Waals surface area contributed by atoms with Gasteiger partial charge in [-0.05, 0) is 209 Å². The average Bonchev–Trinajstić information content (AvgIpc) is 1.53. The second kappa shape index (κ2) is 51.7. The topological polar surface area (TPSA) is 527 Å². The Balaban J connectivity index is 0.000000251. The zero-order valence-electron chi connectivity index (χ0n) is 91.8. The van der Waals surface area contributed by atoms with Crippen LogP contribution in [0, 0.1) is 57.7 Å². The number of carbonyl (C=O) groups excluding carboxylic acids is 19. The minimum Gasteiger partial charge on any atom is -0.444 e. The number of rotatable bonds is 39. The van der Waals surface area contributed by atoms with Gasteiger partial charge in [0.25, 0.3) is 17.7 Å². The molecule has 6 saturated carbocycles. The number of alkyl carbamates (subject to hydrolysis) is 2. The van der Waals surface area contributed by atoms with Gasteiger partial charge in [0.05, 0.1) is 42.9 Å². The van der Waals surface area contributed by atoms with Gasteiger partial charge in [-0.3, -0.25) is 76.7 Å². The predicted octanol–water partition coefficient (Wildman–Crippen LogP) is 8.82. The van der Waals surface area contributed by atoms with Crippen molar-refractivity contribution in [1.82, 2.24) is 83.0 Å². The molecule has 11 rings (SSSR count). The van der Waals surface area contributed by atoms with E-state index in [0.29, 0.717) is 43.5 Å². The van der Waals surface area contributed by atoms with Crippen LogP contribution in [0.25, 0.3) is 0 Å². The monoisotopic (exact) mass is 2080 g/mol. The highest BCUT2D eigenvalue weighted by molar-refractivity contribution is 6.39. The van der Waals surface area contributed by atoms with Crippen molar-refractivity contribution in [3.63, 3.8) is 0 Å². The number of Topliss-reactive ketones (excluding diaryl/α,β-unsaturated/α-hetero) is 3.